The van der Waals surface area contributed by atoms with E-state index < -0.39 is 30.0 Å². The largest absolute Gasteiger partial charge is 0.481 e. The minimum Gasteiger partial charge on any atom is -0.481 e. The molecule has 0 radical (unpaired) electrons. The molecule has 2 bridgehead atoms. The first-order valence-corrected chi connectivity index (χ1v) is 6.99. The van der Waals surface area contributed by atoms with Crippen LogP contribution in [0.2, 0.25) is 5.02 Å². The third kappa shape index (κ3) is 2.43. The standard InChI is InChI=1S/C15H14ClNO4/c1-7-2-3-8(16)6-9(7)17-14(18)12-10-4-5-11(21-10)13(12)15(19)20/h2-6,10-13H,1H3,(H,17,18)(H,19,20)/t10-,11+,12+,13+/m1/s1. The van der Waals surface area contributed by atoms with Crippen LogP contribution in [0.4, 0.5) is 5.69 Å². The maximum Gasteiger partial charge on any atom is 0.310 e. The summed E-state index contributed by atoms with van der Waals surface area (Å²) in [6, 6.07) is 5.17. The number of aliphatic carboxylic acids is 1. The lowest BCUT2D eigenvalue weighted by atomic mass is 9.82. The molecule has 2 aliphatic rings. The van der Waals surface area contributed by atoms with Gasteiger partial charge < -0.3 is 15.2 Å². The first-order chi connectivity index (χ1) is 9.97. The second-order valence-corrected chi connectivity index (χ2v) is 5.72. The Morgan fingerprint density at radius 1 is 1.24 bits per heavy atom. The number of benzene rings is 1. The van der Waals surface area contributed by atoms with Gasteiger partial charge in [-0.15, -0.1) is 0 Å². The summed E-state index contributed by atoms with van der Waals surface area (Å²) in [5, 5.41) is 12.6. The Balaban J connectivity index is 1.83. The fraction of sp³-hybridized carbons (Fsp3) is 0.333. The molecular formula is C15H14ClNO4. The molecule has 0 unspecified atom stereocenters. The number of carboxylic acids is 1. The summed E-state index contributed by atoms with van der Waals surface area (Å²) in [5.41, 5.74) is 1.45. The topological polar surface area (TPSA) is 75.6 Å². The number of nitrogens with one attached hydrogen (secondary N) is 1. The predicted molar refractivity (Wildman–Crippen MR) is 77.2 cm³/mol. The van der Waals surface area contributed by atoms with E-state index in [1.807, 2.05) is 6.92 Å². The van der Waals surface area contributed by atoms with Gasteiger partial charge in [-0.2, -0.15) is 0 Å². The summed E-state index contributed by atoms with van der Waals surface area (Å²) >= 11 is 5.92. The monoisotopic (exact) mass is 307 g/mol. The van der Waals surface area contributed by atoms with Gasteiger partial charge >= 0.3 is 5.97 Å². The normalized spacial score (nSPS) is 29.6. The Morgan fingerprint density at radius 2 is 1.90 bits per heavy atom. The van der Waals surface area contributed by atoms with E-state index in [2.05, 4.69) is 5.32 Å². The average Bonchev–Trinajstić information content (AvgIpc) is 3.03. The van der Waals surface area contributed by atoms with Gasteiger partial charge in [0.1, 0.15) is 5.92 Å². The number of rotatable bonds is 3. The van der Waals surface area contributed by atoms with Crippen LogP contribution >= 0.6 is 11.6 Å². The van der Waals surface area contributed by atoms with E-state index in [9.17, 15) is 14.7 Å². The van der Waals surface area contributed by atoms with E-state index >= 15 is 0 Å². The number of halogens is 1. The molecule has 0 aromatic heterocycles. The number of hydrogen-bond acceptors (Lipinski definition) is 3. The van der Waals surface area contributed by atoms with Crippen LogP contribution < -0.4 is 5.32 Å². The molecule has 3 rings (SSSR count). The molecule has 4 atom stereocenters. The van der Waals surface area contributed by atoms with Gasteiger partial charge in [0, 0.05) is 10.7 Å². The quantitative estimate of drug-likeness (QED) is 0.840. The van der Waals surface area contributed by atoms with Crippen molar-refractivity contribution in [1.82, 2.24) is 0 Å². The van der Waals surface area contributed by atoms with Gasteiger partial charge in [0.25, 0.3) is 0 Å². The molecular weight excluding hydrogens is 294 g/mol. The third-order valence-electron chi connectivity index (χ3n) is 3.94. The molecule has 2 N–H and O–H groups in total. The highest BCUT2D eigenvalue weighted by Crippen LogP contribution is 2.40. The van der Waals surface area contributed by atoms with E-state index in [1.54, 1.807) is 30.4 Å². The molecule has 0 spiro atoms. The number of carbonyl (C=O) groups is 2. The minimum atomic E-state index is -1.02. The average molecular weight is 308 g/mol. The molecule has 1 aromatic carbocycles. The van der Waals surface area contributed by atoms with Gasteiger partial charge in [0.15, 0.2) is 0 Å². The van der Waals surface area contributed by atoms with Gasteiger partial charge in [-0.3, -0.25) is 9.59 Å². The summed E-state index contributed by atoms with van der Waals surface area (Å²) in [5.74, 6) is -2.95. The molecule has 2 aliphatic heterocycles. The highest BCUT2D eigenvalue weighted by molar-refractivity contribution is 6.31. The van der Waals surface area contributed by atoms with Crippen LogP contribution in [0.5, 0.6) is 0 Å². The number of carbonyl (C=O) groups excluding carboxylic acids is 1. The molecule has 1 amide bonds. The van der Waals surface area contributed by atoms with Crippen LogP contribution in [0.3, 0.4) is 0 Å². The van der Waals surface area contributed by atoms with E-state index in [0.29, 0.717) is 10.7 Å². The first kappa shape index (κ1) is 14.1. The van der Waals surface area contributed by atoms with E-state index in [1.165, 1.54) is 0 Å². The molecule has 5 nitrogen and oxygen atoms in total. The smallest absolute Gasteiger partial charge is 0.310 e. The maximum absolute atomic E-state index is 12.5. The molecule has 0 aliphatic carbocycles. The van der Waals surface area contributed by atoms with Gasteiger partial charge in [-0.05, 0) is 24.6 Å². The summed E-state index contributed by atoms with van der Waals surface area (Å²) in [6.45, 7) is 1.85. The SMILES string of the molecule is Cc1ccc(Cl)cc1NC(=O)[C@@H]1[C@@H](C(=O)O)[C@@H]2C=C[C@H]1O2. The summed E-state index contributed by atoms with van der Waals surface area (Å²) in [6.07, 6.45) is 2.45. The van der Waals surface area contributed by atoms with Gasteiger partial charge in [0.05, 0.1) is 18.1 Å². The fourth-order valence-corrected chi connectivity index (χ4v) is 3.03. The fourth-order valence-electron chi connectivity index (χ4n) is 2.86. The minimum absolute atomic E-state index is 0.357. The van der Waals surface area contributed by atoms with Crippen molar-refractivity contribution >= 4 is 29.2 Å². The predicted octanol–water partition coefficient (Wildman–Crippen LogP) is 2.24. The summed E-state index contributed by atoms with van der Waals surface area (Å²) in [7, 11) is 0. The van der Waals surface area contributed by atoms with Crippen molar-refractivity contribution < 1.29 is 19.4 Å². The molecule has 1 aromatic rings. The van der Waals surface area contributed by atoms with Crippen LogP contribution in [0.25, 0.3) is 0 Å². The number of carboxylic acid groups (broad SMARTS) is 1. The van der Waals surface area contributed by atoms with Gasteiger partial charge in [-0.1, -0.05) is 29.8 Å². The van der Waals surface area contributed by atoms with Crippen LogP contribution in [-0.4, -0.2) is 29.2 Å². The molecule has 21 heavy (non-hydrogen) atoms. The highest BCUT2D eigenvalue weighted by atomic mass is 35.5. The molecule has 2 heterocycles. The molecule has 6 heteroatoms. The number of amides is 1. The third-order valence-corrected chi connectivity index (χ3v) is 4.18. The Labute approximate surface area is 126 Å². The highest BCUT2D eigenvalue weighted by Gasteiger charge is 2.53. The lowest BCUT2D eigenvalue weighted by molar-refractivity contribution is -0.145. The number of aryl methyl sites for hydroxylation is 1. The van der Waals surface area contributed by atoms with Crippen LogP contribution in [-0.2, 0) is 14.3 Å². The first-order valence-electron chi connectivity index (χ1n) is 6.61. The summed E-state index contributed by atoms with van der Waals surface area (Å²) in [4.78, 5) is 23.8. The molecule has 0 saturated carbocycles. The second-order valence-electron chi connectivity index (χ2n) is 5.29. The molecule has 1 fully saturated rings. The second kappa shape index (κ2) is 5.16. The van der Waals surface area contributed by atoms with Crippen molar-refractivity contribution in [3.8, 4) is 0 Å². The lowest BCUT2D eigenvalue weighted by Gasteiger charge is -2.21. The zero-order valence-corrected chi connectivity index (χ0v) is 12.0. The number of hydrogen-bond donors (Lipinski definition) is 2. The zero-order valence-electron chi connectivity index (χ0n) is 11.2. The van der Waals surface area contributed by atoms with Gasteiger partial charge in [0.2, 0.25) is 5.91 Å². The Kier molecular flexibility index (Phi) is 3.47. The summed E-state index contributed by atoms with van der Waals surface area (Å²) < 4.78 is 5.49. The van der Waals surface area contributed by atoms with E-state index in [-0.39, 0.29) is 5.91 Å². The zero-order chi connectivity index (χ0) is 15.1. The van der Waals surface area contributed by atoms with Crippen molar-refractivity contribution in [1.29, 1.82) is 0 Å². The van der Waals surface area contributed by atoms with Crippen molar-refractivity contribution in [3.63, 3.8) is 0 Å². The Morgan fingerprint density at radius 3 is 2.57 bits per heavy atom. The number of fused-ring (bicyclic) bond motifs is 2. The Bertz CT molecular complexity index is 643. The van der Waals surface area contributed by atoms with Crippen molar-refractivity contribution in [2.24, 2.45) is 11.8 Å². The van der Waals surface area contributed by atoms with E-state index in [4.69, 9.17) is 16.3 Å². The Hall–Kier alpha value is -1.85. The lowest BCUT2D eigenvalue weighted by Crippen LogP contribution is -2.39. The van der Waals surface area contributed by atoms with Crippen LogP contribution in [0.1, 0.15) is 5.56 Å². The van der Waals surface area contributed by atoms with Crippen molar-refractivity contribution in [2.45, 2.75) is 19.1 Å². The van der Waals surface area contributed by atoms with Crippen LogP contribution in [0.15, 0.2) is 30.4 Å². The molecule has 1 saturated heterocycles. The van der Waals surface area contributed by atoms with Crippen molar-refractivity contribution in [2.75, 3.05) is 5.32 Å². The van der Waals surface area contributed by atoms with E-state index in [0.717, 1.165) is 5.56 Å². The molecule has 110 valence electrons. The van der Waals surface area contributed by atoms with Gasteiger partial charge in [-0.25, -0.2) is 0 Å². The number of ether oxygens (including phenoxy) is 1. The maximum atomic E-state index is 12.5. The van der Waals surface area contributed by atoms with Crippen LogP contribution in [0, 0.1) is 18.8 Å². The number of anilines is 1. The van der Waals surface area contributed by atoms with Crippen molar-refractivity contribution in [3.05, 3.63) is 40.9 Å².